The molecule has 2 aliphatic rings. The highest BCUT2D eigenvalue weighted by Crippen LogP contribution is 2.35. The fourth-order valence-corrected chi connectivity index (χ4v) is 4.63. The van der Waals surface area contributed by atoms with Crippen molar-refractivity contribution in [1.82, 2.24) is 15.4 Å². The first-order valence-corrected chi connectivity index (χ1v) is 11.0. The fourth-order valence-electron chi connectivity index (χ4n) is 4.63. The van der Waals surface area contributed by atoms with Crippen molar-refractivity contribution in [1.29, 1.82) is 0 Å². The lowest BCUT2D eigenvalue weighted by Crippen LogP contribution is -2.38. The summed E-state index contributed by atoms with van der Waals surface area (Å²) in [5.41, 5.74) is 7.43. The van der Waals surface area contributed by atoms with Crippen LogP contribution in [-0.2, 0) is 4.65 Å². The van der Waals surface area contributed by atoms with Crippen molar-refractivity contribution in [3.63, 3.8) is 0 Å². The Kier molecular flexibility index (Phi) is 5.77. The normalized spacial score (nSPS) is 28.5. The van der Waals surface area contributed by atoms with Crippen LogP contribution in [0.15, 0.2) is 35.2 Å². The van der Waals surface area contributed by atoms with Gasteiger partial charge in [-0.15, -0.1) is 0 Å². The van der Waals surface area contributed by atoms with Crippen LogP contribution in [0.4, 0.5) is 0 Å². The molecule has 7 heteroatoms. The maximum atomic E-state index is 10.8. The topological polar surface area (TPSA) is 82.5 Å². The Bertz CT molecular complexity index is 977. The van der Waals surface area contributed by atoms with Gasteiger partial charge in [0.15, 0.2) is 0 Å². The first-order valence-electron chi connectivity index (χ1n) is 11.0. The lowest BCUT2D eigenvalue weighted by Gasteiger charge is -2.34. The van der Waals surface area contributed by atoms with Gasteiger partial charge < -0.3 is 20.2 Å². The minimum absolute atomic E-state index is 0.236. The summed E-state index contributed by atoms with van der Waals surface area (Å²) in [5, 5.41) is 16.7. The zero-order valence-corrected chi connectivity index (χ0v) is 18.5. The molecule has 30 heavy (non-hydrogen) atoms. The van der Waals surface area contributed by atoms with Gasteiger partial charge in [-0.2, -0.15) is 5.10 Å². The molecule has 1 aliphatic heterocycles. The van der Waals surface area contributed by atoms with Crippen LogP contribution >= 0.6 is 0 Å². The summed E-state index contributed by atoms with van der Waals surface area (Å²) in [6.07, 6.45) is 10.2. The van der Waals surface area contributed by atoms with E-state index in [1.54, 1.807) is 0 Å². The number of fused-ring (bicyclic) bond motifs is 3. The number of allylic oxidation sites excluding steroid dienone is 1. The van der Waals surface area contributed by atoms with Gasteiger partial charge in [-0.1, -0.05) is 18.6 Å². The molecule has 0 bridgehead atoms. The van der Waals surface area contributed by atoms with Gasteiger partial charge in [0.05, 0.1) is 11.3 Å². The molecule has 0 saturated heterocycles. The van der Waals surface area contributed by atoms with Crippen LogP contribution in [0.3, 0.4) is 0 Å². The predicted molar refractivity (Wildman–Crippen MR) is 122 cm³/mol. The van der Waals surface area contributed by atoms with Crippen LogP contribution in [0.25, 0.3) is 11.0 Å². The van der Waals surface area contributed by atoms with E-state index in [1.165, 1.54) is 5.57 Å². The van der Waals surface area contributed by atoms with Crippen LogP contribution in [0.5, 0.6) is 0 Å². The largest absolute Gasteiger partial charge is 0.429 e. The molecule has 2 unspecified atom stereocenters. The molecule has 4 rings (SSSR count). The number of aromatic amines is 1. The van der Waals surface area contributed by atoms with Gasteiger partial charge in [0.25, 0.3) is 0 Å². The standard InChI is InChI=1S/C23H32BN4O2/c1-5-15-10-16(13-23(4,29)12-15)11-19-20-17-6-8-25-21(17)26-14-18(20)24-30-22(2,3)7-9-27-28-19/h6,8,10,14,16,27,29H,5,7,9,11-13H2,1-4H3,(H,25,26)/b28-19-. The van der Waals surface area contributed by atoms with Gasteiger partial charge in [-0.05, 0) is 70.3 Å². The van der Waals surface area contributed by atoms with Gasteiger partial charge in [0.1, 0.15) is 5.65 Å². The molecular weight excluding hydrogens is 375 g/mol. The average molecular weight is 407 g/mol. The highest BCUT2D eigenvalue weighted by atomic mass is 16.5. The number of aromatic nitrogens is 2. The molecule has 1 radical (unpaired) electrons. The summed E-state index contributed by atoms with van der Waals surface area (Å²) >= 11 is 0. The van der Waals surface area contributed by atoms with Gasteiger partial charge >= 0.3 is 7.48 Å². The lowest BCUT2D eigenvalue weighted by molar-refractivity contribution is 0.0337. The second-order valence-electron chi connectivity index (χ2n) is 9.56. The number of rotatable bonds is 3. The summed E-state index contributed by atoms with van der Waals surface area (Å²) in [4.78, 5) is 7.77. The Morgan fingerprint density at radius 3 is 2.97 bits per heavy atom. The minimum Gasteiger partial charge on any atom is -0.429 e. The Labute approximate surface area is 179 Å². The fraction of sp³-hybridized carbons (Fsp3) is 0.565. The van der Waals surface area contributed by atoms with Crippen LogP contribution < -0.4 is 10.9 Å². The molecule has 2 atom stereocenters. The van der Waals surface area contributed by atoms with E-state index in [-0.39, 0.29) is 11.5 Å². The van der Waals surface area contributed by atoms with E-state index in [1.807, 2.05) is 32.9 Å². The number of hydrogen-bond acceptors (Lipinski definition) is 5. The van der Waals surface area contributed by atoms with Gasteiger partial charge in [0, 0.05) is 35.5 Å². The first kappa shape index (κ1) is 21.1. The monoisotopic (exact) mass is 407 g/mol. The smallest absolute Gasteiger partial charge is 0.333 e. The van der Waals surface area contributed by atoms with Crippen molar-refractivity contribution in [2.24, 2.45) is 11.0 Å². The molecule has 3 N–H and O–H groups in total. The molecule has 0 saturated carbocycles. The highest BCUT2D eigenvalue weighted by Gasteiger charge is 2.32. The molecule has 0 spiro atoms. The van der Waals surface area contributed by atoms with Crippen LogP contribution in [0, 0.1) is 5.92 Å². The molecule has 159 valence electrons. The average Bonchev–Trinajstić information content (AvgIpc) is 3.15. The molecule has 6 nitrogen and oxygen atoms in total. The van der Waals surface area contributed by atoms with E-state index in [0.717, 1.165) is 66.4 Å². The van der Waals surface area contributed by atoms with E-state index < -0.39 is 5.60 Å². The van der Waals surface area contributed by atoms with Crippen molar-refractivity contribution < 1.29 is 9.76 Å². The lowest BCUT2D eigenvalue weighted by atomic mass is 9.75. The van der Waals surface area contributed by atoms with E-state index >= 15 is 0 Å². The zero-order chi connectivity index (χ0) is 21.4. The number of aliphatic hydroxyl groups is 1. The van der Waals surface area contributed by atoms with Crippen LogP contribution in [0.1, 0.15) is 65.4 Å². The summed E-state index contributed by atoms with van der Waals surface area (Å²) < 4.78 is 6.14. The summed E-state index contributed by atoms with van der Waals surface area (Å²) in [6, 6.07) is 2.05. The number of H-pyrrole nitrogens is 1. The van der Waals surface area contributed by atoms with Crippen molar-refractivity contribution in [3.8, 4) is 0 Å². The number of nitrogens with zero attached hydrogens (tertiary/aromatic N) is 2. The Hall–Kier alpha value is -2.12. The van der Waals surface area contributed by atoms with Crippen molar-refractivity contribution in [2.75, 3.05) is 6.54 Å². The van der Waals surface area contributed by atoms with Crippen LogP contribution in [-0.4, -0.2) is 46.0 Å². The Morgan fingerprint density at radius 2 is 2.17 bits per heavy atom. The maximum Gasteiger partial charge on any atom is 0.333 e. The molecule has 0 aromatic carbocycles. The Morgan fingerprint density at radius 1 is 1.33 bits per heavy atom. The third-order valence-electron chi connectivity index (χ3n) is 6.15. The number of pyridine rings is 1. The maximum absolute atomic E-state index is 10.8. The molecule has 0 fully saturated rings. The summed E-state index contributed by atoms with van der Waals surface area (Å²) in [7, 11) is 1.83. The summed E-state index contributed by atoms with van der Waals surface area (Å²) in [5.74, 6) is 0.236. The molecule has 0 amide bonds. The molecule has 1 aliphatic carbocycles. The second-order valence-corrected chi connectivity index (χ2v) is 9.56. The molecule has 2 aromatic heterocycles. The van der Waals surface area contributed by atoms with E-state index in [2.05, 4.69) is 42.2 Å². The second kappa shape index (κ2) is 8.19. The number of nitrogens with one attached hydrogen (secondary N) is 2. The third kappa shape index (κ3) is 4.62. The quantitative estimate of drug-likeness (QED) is 0.539. The highest BCUT2D eigenvalue weighted by molar-refractivity contribution is 6.50. The van der Waals surface area contributed by atoms with Crippen molar-refractivity contribution in [2.45, 2.75) is 71.0 Å². The van der Waals surface area contributed by atoms with Crippen molar-refractivity contribution >= 4 is 29.7 Å². The predicted octanol–water partition coefficient (Wildman–Crippen LogP) is 3.19. The number of hydrogen-bond donors (Lipinski definition) is 3. The van der Waals surface area contributed by atoms with Gasteiger partial charge in [-0.3, -0.25) is 0 Å². The first-order chi connectivity index (χ1) is 14.3. The summed E-state index contributed by atoms with van der Waals surface area (Å²) in [6.45, 7) is 9.01. The molecule has 3 heterocycles. The van der Waals surface area contributed by atoms with E-state index in [9.17, 15) is 5.11 Å². The molecular formula is C23H32BN4O2. The molecule has 2 aromatic rings. The zero-order valence-electron chi connectivity index (χ0n) is 18.5. The van der Waals surface area contributed by atoms with E-state index in [0.29, 0.717) is 0 Å². The van der Waals surface area contributed by atoms with Gasteiger partial charge in [0.2, 0.25) is 0 Å². The van der Waals surface area contributed by atoms with Gasteiger partial charge in [-0.25, -0.2) is 4.98 Å². The SMILES string of the molecule is CCC1=CC(C/C2=N/NCCC(C)(C)O[B]c3cnc4[nH]ccc4c32)CC(C)(O)C1. The minimum atomic E-state index is -0.668. The Balaban J connectivity index is 1.75. The van der Waals surface area contributed by atoms with E-state index in [4.69, 9.17) is 9.76 Å². The number of hydrazone groups is 1. The third-order valence-corrected chi connectivity index (χ3v) is 6.15. The van der Waals surface area contributed by atoms with Crippen molar-refractivity contribution in [3.05, 3.63) is 35.7 Å². The van der Waals surface area contributed by atoms with Crippen LogP contribution in [0.2, 0.25) is 0 Å².